The van der Waals surface area contributed by atoms with E-state index in [1.165, 1.54) is 18.2 Å². The number of benzene rings is 1. The van der Waals surface area contributed by atoms with E-state index in [2.05, 4.69) is 4.99 Å². The number of hydrogen-bond acceptors (Lipinski definition) is 3. The first-order valence-corrected chi connectivity index (χ1v) is 7.13. The van der Waals surface area contributed by atoms with Crippen molar-refractivity contribution in [1.82, 2.24) is 0 Å². The van der Waals surface area contributed by atoms with Crippen molar-refractivity contribution in [2.24, 2.45) is 10.4 Å². The molecule has 0 aromatic heterocycles. The summed E-state index contributed by atoms with van der Waals surface area (Å²) in [5, 5.41) is 11.5. The molecular weight excluding hydrogens is 309 g/mol. The number of halogens is 2. The van der Waals surface area contributed by atoms with Gasteiger partial charge in [0.2, 0.25) is 0 Å². The van der Waals surface area contributed by atoms with Crippen LogP contribution < -0.4 is 5.11 Å². The lowest BCUT2D eigenvalue weighted by Gasteiger charge is -2.22. The fourth-order valence-electron chi connectivity index (χ4n) is 1.93. The Kier molecular flexibility index (Phi) is 4.26. The molecule has 5 heteroatoms. The first kappa shape index (κ1) is 15.8. The standard InChI is InChI=1S/C16H15Cl2NO2/c1-16(2,3)11-6-9(4-5-14(11)20)19-10-7-12(17)15(21)13(18)8-10/h4-8,21H,1-3H3/p-1. The monoisotopic (exact) mass is 322 g/mol. The summed E-state index contributed by atoms with van der Waals surface area (Å²) < 4.78 is 0. The van der Waals surface area contributed by atoms with E-state index in [1.807, 2.05) is 20.8 Å². The van der Waals surface area contributed by atoms with Crippen LogP contribution in [-0.4, -0.2) is 11.5 Å². The number of carbonyl (C=O) groups excluding carboxylic acids is 1. The molecule has 0 atom stereocenters. The molecule has 3 nitrogen and oxygen atoms in total. The predicted molar refractivity (Wildman–Crippen MR) is 84.7 cm³/mol. The minimum Gasteiger partial charge on any atom is -0.870 e. The molecule has 1 aliphatic carbocycles. The summed E-state index contributed by atoms with van der Waals surface area (Å²) in [5.41, 5.74) is 1.51. The Morgan fingerprint density at radius 2 is 1.67 bits per heavy atom. The molecule has 0 bridgehead atoms. The number of aliphatic imine (C=N–C) groups is 1. The Balaban J connectivity index is 2.45. The molecule has 2 rings (SSSR count). The third-order valence-electron chi connectivity index (χ3n) is 3.01. The number of rotatable bonds is 1. The summed E-state index contributed by atoms with van der Waals surface area (Å²) in [7, 11) is 0. The second-order valence-corrected chi connectivity index (χ2v) is 6.60. The Labute approximate surface area is 133 Å². The summed E-state index contributed by atoms with van der Waals surface area (Å²) in [4.78, 5) is 16.3. The first-order valence-electron chi connectivity index (χ1n) is 6.38. The molecular formula is C16H14Cl2NO2-. The molecule has 0 radical (unpaired) electrons. The number of nitrogens with zero attached hydrogens (tertiary/aromatic N) is 1. The molecule has 0 saturated carbocycles. The highest BCUT2D eigenvalue weighted by atomic mass is 35.5. The molecule has 1 aromatic carbocycles. The normalized spacial score (nSPS) is 17.3. The Hall–Kier alpha value is -1.58. The minimum absolute atomic E-state index is 0.0209. The summed E-state index contributed by atoms with van der Waals surface area (Å²) in [6, 6.07) is 2.91. The molecule has 0 unspecified atom stereocenters. The highest BCUT2D eigenvalue weighted by molar-refractivity contribution is 6.37. The van der Waals surface area contributed by atoms with Gasteiger partial charge in [-0.15, -0.1) is 0 Å². The maximum Gasteiger partial charge on any atom is 0.182 e. The van der Waals surface area contributed by atoms with Crippen molar-refractivity contribution in [2.45, 2.75) is 20.8 Å². The fraction of sp³-hybridized carbons (Fsp3) is 0.250. The van der Waals surface area contributed by atoms with Crippen LogP contribution in [-0.2, 0) is 4.79 Å². The molecule has 0 fully saturated rings. The zero-order valence-electron chi connectivity index (χ0n) is 11.9. The molecule has 0 saturated heterocycles. The van der Waals surface area contributed by atoms with Crippen LogP contribution in [0.25, 0.3) is 0 Å². The van der Waals surface area contributed by atoms with E-state index in [0.29, 0.717) is 17.0 Å². The molecule has 0 aliphatic heterocycles. The smallest absolute Gasteiger partial charge is 0.182 e. The molecule has 0 heterocycles. The molecule has 21 heavy (non-hydrogen) atoms. The van der Waals surface area contributed by atoms with Crippen LogP contribution in [0.1, 0.15) is 20.8 Å². The minimum atomic E-state index is -0.414. The van der Waals surface area contributed by atoms with Crippen LogP contribution in [0.5, 0.6) is 5.75 Å². The van der Waals surface area contributed by atoms with Crippen molar-refractivity contribution in [3.8, 4) is 5.75 Å². The molecule has 1 aliphatic rings. The Bertz CT molecular complexity index is 672. The first-order chi connectivity index (χ1) is 9.68. The van der Waals surface area contributed by atoms with Gasteiger partial charge in [0.05, 0.1) is 11.4 Å². The average molecular weight is 323 g/mol. The SMILES string of the molecule is CC(C)(C)C1=CC(=Nc2cc(Cl)c([O-])c(Cl)c2)C=CC1=O. The van der Waals surface area contributed by atoms with Crippen molar-refractivity contribution in [1.29, 1.82) is 0 Å². The van der Waals surface area contributed by atoms with Gasteiger partial charge in [-0.1, -0.05) is 49.7 Å². The Morgan fingerprint density at radius 3 is 2.19 bits per heavy atom. The third kappa shape index (κ3) is 3.55. The van der Waals surface area contributed by atoms with Crippen molar-refractivity contribution in [3.63, 3.8) is 0 Å². The van der Waals surface area contributed by atoms with E-state index < -0.39 is 5.75 Å². The summed E-state index contributed by atoms with van der Waals surface area (Å²) in [6.07, 6.45) is 4.87. The topological polar surface area (TPSA) is 52.5 Å². The Morgan fingerprint density at radius 1 is 1.10 bits per heavy atom. The van der Waals surface area contributed by atoms with E-state index in [4.69, 9.17) is 23.2 Å². The van der Waals surface area contributed by atoms with E-state index in [-0.39, 0.29) is 21.2 Å². The van der Waals surface area contributed by atoms with Crippen LogP contribution in [0.15, 0.2) is 40.9 Å². The number of allylic oxidation sites excluding steroid dienone is 4. The van der Waals surface area contributed by atoms with Gasteiger partial charge in [-0.05, 0) is 35.8 Å². The van der Waals surface area contributed by atoms with E-state index >= 15 is 0 Å². The molecule has 0 N–H and O–H groups in total. The van der Waals surface area contributed by atoms with Gasteiger partial charge in [-0.3, -0.25) is 4.79 Å². The van der Waals surface area contributed by atoms with E-state index in [1.54, 1.807) is 12.2 Å². The zero-order chi connectivity index (χ0) is 15.8. The lowest BCUT2D eigenvalue weighted by atomic mass is 9.81. The van der Waals surface area contributed by atoms with E-state index in [0.717, 1.165) is 0 Å². The summed E-state index contributed by atoms with van der Waals surface area (Å²) >= 11 is 11.6. The maximum atomic E-state index is 11.9. The fourth-order valence-corrected chi connectivity index (χ4v) is 2.41. The number of carbonyl (C=O) groups is 1. The van der Waals surface area contributed by atoms with Crippen LogP contribution >= 0.6 is 23.2 Å². The largest absolute Gasteiger partial charge is 0.870 e. The molecule has 0 spiro atoms. The van der Waals surface area contributed by atoms with Gasteiger partial charge in [0.15, 0.2) is 5.78 Å². The van der Waals surface area contributed by atoms with Gasteiger partial charge >= 0.3 is 0 Å². The van der Waals surface area contributed by atoms with Gasteiger partial charge in [0.25, 0.3) is 0 Å². The summed E-state index contributed by atoms with van der Waals surface area (Å²) in [5.74, 6) is -0.435. The quantitative estimate of drug-likeness (QED) is 0.726. The third-order valence-corrected chi connectivity index (χ3v) is 3.57. The van der Waals surface area contributed by atoms with Gasteiger partial charge < -0.3 is 5.11 Å². The van der Waals surface area contributed by atoms with Gasteiger partial charge in [0.1, 0.15) is 0 Å². The highest BCUT2D eigenvalue weighted by Gasteiger charge is 2.24. The van der Waals surface area contributed by atoms with Gasteiger partial charge in [0, 0.05) is 15.6 Å². The molecule has 1 aromatic rings. The average Bonchev–Trinajstić information content (AvgIpc) is 2.37. The molecule has 0 amide bonds. The van der Waals surface area contributed by atoms with Gasteiger partial charge in [-0.25, -0.2) is 4.99 Å². The summed E-state index contributed by atoms with van der Waals surface area (Å²) in [6.45, 7) is 5.90. The van der Waals surface area contributed by atoms with Crippen molar-refractivity contribution >= 4 is 40.4 Å². The van der Waals surface area contributed by atoms with Crippen LogP contribution in [0.2, 0.25) is 10.0 Å². The van der Waals surface area contributed by atoms with Crippen LogP contribution in [0.3, 0.4) is 0 Å². The lowest BCUT2D eigenvalue weighted by molar-refractivity contribution is -0.268. The van der Waals surface area contributed by atoms with Crippen molar-refractivity contribution in [3.05, 3.63) is 46.0 Å². The van der Waals surface area contributed by atoms with E-state index in [9.17, 15) is 9.90 Å². The zero-order valence-corrected chi connectivity index (χ0v) is 13.4. The predicted octanol–water partition coefficient (Wildman–Crippen LogP) is 4.25. The van der Waals surface area contributed by atoms with Crippen molar-refractivity contribution in [2.75, 3.05) is 0 Å². The molecule has 110 valence electrons. The van der Waals surface area contributed by atoms with Crippen LogP contribution in [0.4, 0.5) is 5.69 Å². The lowest BCUT2D eigenvalue weighted by Crippen LogP contribution is -2.20. The van der Waals surface area contributed by atoms with Crippen molar-refractivity contribution < 1.29 is 9.90 Å². The van der Waals surface area contributed by atoms with Gasteiger partial charge in [-0.2, -0.15) is 0 Å². The van der Waals surface area contributed by atoms with Crippen LogP contribution in [0, 0.1) is 5.41 Å². The number of hydrogen-bond donors (Lipinski definition) is 0. The second-order valence-electron chi connectivity index (χ2n) is 5.78. The maximum absolute atomic E-state index is 11.9. The highest BCUT2D eigenvalue weighted by Crippen LogP contribution is 2.34. The second kappa shape index (κ2) is 5.66. The number of ketones is 1.